The van der Waals surface area contributed by atoms with Crippen LogP contribution in [0.5, 0.6) is 0 Å². The second kappa shape index (κ2) is 7.36. The van der Waals surface area contributed by atoms with Crippen molar-refractivity contribution in [3.8, 4) is 11.3 Å². The lowest BCUT2D eigenvalue weighted by molar-refractivity contribution is 0.100. The molecule has 3 heterocycles. The van der Waals surface area contributed by atoms with Crippen molar-refractivity contribution in [3.63, 3.8) is 0 Å². The highest BCUT2D eigenvalue weighted by Gasteiger charge is 2.25. The lowest BCUT2D eigenvalue weighted by Gasteiger charge is -2.33. The van der Waals surface area contributed by atoms with Gasteiger partial charge in [-0.2, -0.15) is 0 Å². The average Bonchev–Trinajstić information content (AvgIpc) is 3.18. The number of carbonyl (C=O) groups excluding carboxylic acids is 1. The van der Waals surface area contributed by atoms with Crippen molar-refractivity contribution < 1.29 is 4.79 Å². The van der Waals surface area contributed by atoms with Crippen molar-refractivity contribution >= 4 is 23.3 Å². The first-order valence-electron chi connectivity index (χ1n) is 8.80. The summed E-state index contributed by atoms with van der Waals surface area (Å²) in [6.07, 6.45) is 5.37. The molecule has 0 spiro atoms. The second-order valence-corrected chi connectivity index (χ2v) is 6.93. The molecule has 1 fully saturated rings. The summed E-state index contributed by atoms with van der Waals surface area (Å²) in [5.41, 5.74) is 7.57. The maximum Gasteiger partial charge on any atom is 0.252 e. The van der Waals surface area contributed by atoms with Gasteiger partial charge in [0.25, 0.3) is 5.91 Å². The second-order valence-electron chi connectivity index (χ2n) is 6.52. The molecule has 1 aliphatic heterocycles. The number of aromatic nitrogens is 4. The highest BCUT2D eigenvalue weighted by Crippen LogP contribution is 2.29. The van der Waals surface area contributed by atoms with Crippen molar-refractivity contribution in [2.45, 2.75) is 18.9 Å². The molecule has 1 saturated heterocycles. The number of piperidine rings is 1. The number of primary amides is 1. The SMILES string of the molecule is NC(=O)c1cccnc1N1CCC(n2cc(-c3ccccc3Cl)nn2)CC1. The van der Waals surface area contributed by atoms with Gasteiger partial charge in [-0.3, -0.25) is 4.79 Å². The van der Waals surface area contributed by atoms with E-state index in [1.807, 2.05) is 35.1 Å². The van der Waals surface area contributed by atoms with Gasteiger partial charge >= 0.3 is 0 Å². The fourth-order valence-corrected chi connectivity index (χ4v) is 3.66. The van der Waals surface area contributed by atoms with E-state index in [4.69, 9.17) is 17.3 Å². The Morgan fingerprint density at radius 1 is 1.15 bits per heavy atom. The summed E-state index contributed by atoms with van der Waals surface area (Å²) in [6.45, 7) is 1.53. The van der Waals surface area contributed by atoms with Crippen molar-refractivity contribution in [3.05, 3.63) is 59.4 Å². The minimum atomic E-state index is -0.458. The van der Waals surface area contributed by atoms with E-state index in [0.29, 0.717) is 16.4 Å². The molecule has 2 N–H and O–H groups in total. The Labute approximate surface area is 161 Å². The van der Waals surface area contributed by atoms with Gasteiger partial charge in [0.15, 0.2) is 0 Å². The number of nitrogens with two attached hydrogens (primary N) is 1. The summed E-state index contributed by atoms with van der Waals surface area (Å²) >= 11 is 6.25. The molecule has 2 aromatic heterocycles. The van der Waals surface area contributed by atoms with Crippen molar-refractivity contribution in [2.75, 3.05) is 18.0 Å². The number of rotatable bonds is 4. The Morgan fingerprint density at radius 2 is 1.93 bits per heavy atom. The fraction of sp³-hybridized carbons (Fsp3) is 0.263. The molecule has 0 aliphatic carbocycles. The van der Waals surface area contributed by atoms with E-state index in [0.717, 1.165) is 37.2 Å². The van der Waals surface area contributed by atoms with Crippen LogP contribution < -0.4 is 10.6 Å². The molecule has 0 atom stereocenters. The highest BCUT2D eigenvalue weighted by molar-refractivity contribution is 6.33. The molecule has 0 bridgehead atoms. The van der Waals surface area contributed by atoms with Gasteiger partial charge in [0.2, 0.25) is 0 Å². The predicted octanol–water partition coefficient (Wildman–Crippen LogP) is 2.93. The van der Waals surface area contributed by atoms with Crippen LogP contribution in [0.1, 0.15) is 29.2 Å². The van der Waals surface area contributed by atoms with Gasteiger partial charge < -0.3 is 10.6 Å². The van der Waals surface area contributed by atoms with E-state index in [1.165, 1.54) is 0 Å². The van der Waals surface area contributed by atoms with Crippen molar-refractivity contribution in [1.29, 1.82) is 0 Å². The van der Waals surface area contributed by atoms with Gasteiger partial charge in [-0.1, -0.05) is 35.0 Å². The van der Waals surface area contributed by atoms with Crippen LogP contribution in [-0.2, 0) is 0 Å². The number of carbonyl (C=O) groups is 1. The highest BCUT2D eigenvalue weighted by atomic mass is 35.5. The maximum absolute atomic E-state index is 11.6. The van der Waals surface area contributed by atoms with E-state index in [1.54, 1.807) is 18.3 Å². The van der Waals surface area contributed by atoms with E-state index < -0.39 is 5.91 Å². The first-order chi connectivity index (χ1) is 13.1. The number of nitrogens with zero attached hydrogens (tertiary/aromatic N) is 5. The quantitative estimate of drug-likeness (QED) is 0.749. The van der Waals surface area contributed by atoms with E-state index >= 15 is 0 Å². The molecule has 1 amide bonds. The van der Waals surface area contributed by atoms with Crippen LogP contribution in [0.2, 0.25) is 5.02 Å². The van der Waals surface area contributed by atoms with Crippen LogP contribution in [-0.4, -0.2) is 39.0 Å². The van der Waals surface area contributed by atoms with Crippen LogP contribution in [0.25, 0.3) is 11.3 Å². The third-order valence-corrected chi connectivity index (χ3v) is 5.18. The minimum absolute atomic E-state index is 0.241. The summed E-state index contributed by atoms with van der Waals surface area (Å²) in [4.78, 5) is 18.1. The van der Waals surface area contributed by atoms with Crippen LogP contribution in [0.3, 0.4) is 0 Å². The molecular formula is C19H19ClN6O. The van der Waals surface area contributed by atoms with Crippen LogP contribution in [0, 0.1) is 0 Å². The first-order valence-corrected chi connectivity index (χ1v) is 9.18. The third kappa shape index (κ3) is 3.50. The minimum Gasteiger partial charge on any atom is -0.365 e. The maximum atomic E-state index is 11.6. The van der Waals surface area contributed by atoms with Crippen molar-refractivity contribution in [1.82, 2.24) is 20.0 Å². The molecule has 3 aromatic rings. The van der Waals surface area contributed by atoms with Crippen molar-refractivity contribution in [2.24, 2.45) is 5.73 Å². The molecule has 8 heteroatoms. The molecule has 0 radical (unpaired) electrons. The summed E-state index contributed by atoms with van der Waals surface area (Å²) in [5.74, 6) is 0.194. The molecule has 1 aromatic carbocycles. The largest absolute Gasteiger partial charge is 0.365 e. The van der Waals surface area contributed by atoms with Gasteiger partial charge in [-0.05, 0) is 31.0 Å². The van der Waals surface area contributed by atoms with Gasteiger partial charge in [0, 0.05) is 24.8 Å². The number of amides is 1. The summed E-state index contributed by atoms with van der Waals surface area (Å²) < 4.78 is 1.91. The number of pyridine rings is 1. The Hall–Kier alpha value is -2.93. The Kier molecular flexibility index (Phi) is 4.77. The van der Waals surface area contributed by atoms with Crippen LogP contribution in [0.15, 0.2) is 48.8 Å². The number of anilines is 1. The zero-order chi connectivity index (χ0) is 18.8. The number of benzene rings is 1. The van der Waals surface area contributed by atoms with Gasteiger partial charge in [-0.25, -0.2) is 9.67 Å². The third-order valence-electron chi connectivity index (χ3n) is 4.85. The lowest BCUT2D eigenvalue weighted by Crippen LogP contribution is -2.36. The molecule has 138 valence electrons. The molecule has 1 aliphatic rings. The summed E-state index contributed by atoms with van der Waals surface area (Å²) in [5, 5.41) is 9.24. The molecule has 27 heavy (non-hydrogen) atoms. The molecule has 4 rings (SSSR count). The van der Waals surface area contributed by atoms with E-state index in [-0.39, 0.29) is 6.04 Å². The normalized spacial score (nSPS) is 15.1. The van der Waals surface area contributed by atoms with Gasteiger partial charge in [0.1, 0.15) is 11.5 Å². The Bertz CT molecular complexity index is 964. The van der Waals surface area contributed by atoms with Crippen LogP contribution >= 0.6 is 11.6 Å². The van der Waals surface area contributed by atoms with E-state index in [9.17, 15) is 4.79 Å². The molecule has 7 nitrogen and oxygen atoms in total. The van der Waals surface area contributed by atoms with E-state index in [2.05, 4.69) is 20.2 Å². The van der Waals surface area contributed by atoms with Gasteiger partial charge in [0.05, 0.1) is 22.8 Å². The summed E-state index contributed by atoms with van der Waals surface area (Å²) in [7, 11) is 0. The smallest absolute Gasteiger partial charge is 0.252 e. The number of halogens is 1. The molecule has 0 unspecified atom stereocenters. The number of hydrogen-bond donors (Lipinski definition) is 1. The topological polar surface area (TPSA) is 89.9 Å². The average molecular weight is 383 g/mol. The Morgan fingerprint density at radius 3 is 2.67 bits per heavy atom. The fourth-order valence-electron chi connectivity index (χ4n) is 3.43. The Balaban J connectivity index is 1.48. The zero-order valence-corrected chi connectivity index (χ0v) is 15.4. The first kappa shape index (κ1) is 17.5. The zero-order valence-electron chi connectivity index (χ0n) is 14.6. The lowest BCUT2D eigenvalue weighted by atomic mass is 10.0. The van der Waals surface area contributed by atoms with Gasteiger partial charge in [-0.15, -0.1) is 5.10 Å². The summed E-state index contributed by atoms with van der Waals surface area (Å²) in [6, 6.07) is 11.3. The standard InChI is InChI=1S/C19H19ClN6O/c20-16-6-2-1-4-14(16)17-12-26(24-23-17)13-7-10-25(11-8-13)19-15(18(21)27)5-3-9-22-19/h1-6,9,12-13H,7-8,10-11H2,(H2,21,27). The predicted molar refractivity (Wildman–Crippen MR) is 104 cm³/mol. The number of hydrogen-bond acceptors (Lipinski definition) is 5. The molecular weight excluding hydrogens is 364 g/mol. The monoisotopic (exact) mass is 382 g/mol. The van der Waals surface area contributed by atoms with Crippen LogP contribution in [0.4, 0.5) is 5.82 Å². The molecule has 0 saturated carbocycles.